The first-order chi connectivity index (χ1) is 8.66. The number of nitrogens with zero attached hydrogens (tertiary/aromatic N) is 2. The average molecular weight is 357 g/mol. The van der Waals surface area contributed by atoms with Crippen molar-refractivity contribution in [1.82, 2.24) is 15.5 Å². The molecule has 6 heteroatoms. The zero-order chi connectivity index (χ0) is 13.0. The molecule has 1 amide bonds. The Bertz CT molecular complexity index is 554. The lowest BCUT2D eigenvalue weighted by Crippen LogP contribution is -2.26. The van der Waals surface area contributed by atoms with E-state index in [9.17, 15) is 4.79 Å². The Morgan fingerprint density at radius 2 is 2.22 bits per heavy atom. The molecule has 0 bridgehead atoms. The van der Waals surface area contributed by atoms with E-state index in [0.29, 0.717) is 30.2 Å². The van der Waals surface area contributed by atoms with Gasteiger partial charge in [-0.1, -0.05) is 17.3 Å². The molecule has 0 atom stereocenters. The van der Waals surface area contributed by atoms with Crippen LogP contribution in [0, 0.1) is 10.5 Å². The van der Waals surface area contributed by atoms with Gasteiger partial charge in [0.2, 0.25) is 5.89 Å². The van der Waals surface area contributed by atoms with Crippen molar-refractivity contribution in [2.24, 2.45) is 0 Å². The van der Waals surface area contributed by atoms with Gasteiger partial charge in [-0.2, -0.15) is 4.98 Å². The van der Waals surface area contributed by atoms with E-state index in [-0.39, 0.29) is 5.91 Å². The summed E-state index contributed by atoms with van der Waals surface area (Å²) in [5, 5.41) is 6.51. The first-order valence-corrected chi connectivity index (χ1v) is 6.56. The van der Waals surface area contributed by atoms with E-state index in [0.717, 1.165) is 3.57 Å². The third kappa shape index (κ3) is 3.28. The molecule has 0 aliphatic heterocycles. The normalized spacial score (nSPS) is 10.3. The summed E-state index contributed by atoms with van der Waals surface area (Å²) in [6.45, 7) is 2.24. The lowest BCUT2D eigenvalue weighted by molar-refractivity contribution is 0.0952. The van der Waals surface area contributed by atoms with Gasteiger partial charge in [0, 0.05) is 16.5 Å². The maximum atomic E-state index is 11.9. The predicted molar refractivity (Wildman–Crippen MR) is 74.2 cm³/mol. The van der Waals surface area contributed by atoms with Gasteiger partial charge in [0.05, 0.1) is 5.56 Å². The second kappa shape index (κ2) is 5.94. The van der Waals surface area contributed by atoms with E-state index >= 15 is 0 Å². The van der Waals surface area contributed by atoms with Gasteiger partial charge in [0.15, 0.2) is 5.82 Å². The van der Waals surface area contributed by atoms with E-state index < -0.39 is 0 Å². The fourth-order valence-electron chi connectivity index (χ4n) is 1.47. The fourth-order valence-corrected chi connectivity index (χ4v) is 2.10. The van der Waals surface area contributed by atoms with Crippen molar-refractivity contribution in [1.29, 1.82) is 0 Å². The van der Waals surface area contributed by atoms with Gasteiger partial charge in [-0.05, 0) is 41.6 Å². The Morgan fingerprint density at radius 1 is 1.44 bits per heavy atom. The number of aryl methyl sites for hydroxylation is 1. The molecule has 18 heavy (non-hydrogen) atoms. The minimum Gasteiger partial charge on any atom is -0.351 e. The van der Waals surface area contributed by atoms with Crippen LogP contribution in [0.3, 0.4) is 0 Å². The quantitative estimate of drug-likeness (QED) is 0.850. The number of nitrogens with one attached hydrogen (secondary N) is 1. The van der Waals surface area contributed by atoms with Crippen molar-refractivity contribution in [2.45, 2.75) is 13.3 Å². The fraction of sp³-hybridized carbons (Fsp3) is 0.250. The molecule has 2 aromatic rings. The van der Waals surface area contributed by atoms with E-state index in [1.54, 1.807) is 13.0 Å². The van der Waals surface area contributed by atoms with Crippen molar-refractivity contribution >= 4 is 28.5 Å². The maximum Gasteiger partial charge on any atom is 0.252 e. The van der Waals surface area contributed by atoms with Crippen LogP contribution in [-0.4, -0.2) is 22.6 Å². The Morgan fingerprint density at radius 3 is 2.89 bits per heavy atom. The lowest BCUT2D eigenvalue weighted by atomic mass is 10.2. The van der Waals surface area contributed by atoms with Gasteiger partial charge in [0.25, 0.3) is 5.91 Å². The Hall–Kier alpha value is -1.44. The molecule has 0 unspecified atom stereocenters. The second-order valence-electron chi connectivity index (χ2n) is 3.72. The molecule has 0 aliphatic rings. The van der Waals surface area contributed by atoms with Crippen LogP contribution in [0.1, 0.15) is 22.1 Å². The lowest BCUT2D eigenvalue weighted by Gasteiger charge is -2.05. The molecule has 1 aromatic heterocycles. The van der Waals surface area contributed by atoms with Crippen molar-refractivity contribution in [3.8, 4) is 0 Å². The SMILES string of the molecule is Cc1noc(CCNC(=O)c2ccccc2I)n1. The highest BCUT2D eigenvalue weighted by molar-refractivity contribution is 14.1. The van der Waals surface area contributed by atoms with E-state index in [2.05, 4.69) is 38.0 Å². The molecule has 0 radical (unpaired) electrons. The zero-order valence-corrected chi connectivity index (χ0v) is 12.0. The molecule has 0 aliphatic carbocycles. The van der Waals surface area contributed by atoms with Gasteiger partial charge in [0.1, 0.15) is 0 Å². The number of hydrogen-bond donors (Lipinski definition) is 1. The topological polar surface area (TPSA) is 68.0 Å². The van der Waals surface area contributed by atoms with Gasteiger partial charge in [-0.3, -0.25) is 4.79 Å². The molecule has 5 nitrogen and oxygen atoms in total. The standard InChI is InChI=1S/C12H12IN3O2/c1-8-15-11(18-16-8)6-7-14-12(17)9-4-2-3-5-10(9)13/h2-5H,6-7H2,1H3,(H,14,17). The first-order valence-electron chi connectivity index (χ1n) is 5.49. The summed E-state index contributed by atoms with van der Waals surface area (Å²) < 4.78 is 5.89. The van der Waals surface area contributed by atoms with Gasteiger partial charge in [-0.25, -0.2) is 0 Å². The van der Waals surface area contributed by atoms with E-state index in [1.807, 2.05) is 18.2 Å². The molecule has 0 saturated carbocycles. The highest BCUT2D eigenvalue weighted by Crippen LogP contribution is 2.10. The molecule has 1 heterocycles. The van der Waals surface area contributed by atoms with Gasteiger partial charge < -0.3 is 9.84 Å². The van der Waals surface area contributed by atoms with E-state index in [1.165, 1.54) is 0 Å². The second-order valence-corrected chi connectivity index (χ2v) is 4.88. The number of benzene rings is 1. The maximum absolute atomic E-state index is 11.9. The van der Waals surface area contributed by atoms with Crippen LogP contribution in [0.15, 0.2) is 28.8 Å². The summed E-state index contributed by atoms with van der Waals surface area (Å²) in [5.74, 6) is 1.06. The smallest absolute Gasteiger partial charge is 0.252 e. The number of halogens is 1. The largest absolute Gasteiger partial charge is 0.351 e. The minimum absolute atomic E-state index is 0.0868. The molecule has 0 saturated heterocycles. The highest BCUT2D eigenvalue weighted by Gasteiger charge is 2.09. The van der Waals surface area contributed by atoms with Crippen molar-refractivity contribution in [3.63, 3.8) is 0 Å². The van der Waals surface area contributed by atoms with Crippen molar-refractivity contribution < 1.29 is 9.32 Å². The number of carbonyl (C=O) groups excluding carboxylic acids is 1. The van der Waals surface area contributed by atoms with Crippen LogP contribution in [0.4, 0.5) is 0 Å². The summed E-state index contributed by atoms with van der Waals surface area (Å²) in [5.41, 5.74) is 0.680. The summed E-state index contributed by atoms with van der Waals surface area (Å²) in [4.78, 5) is 15.9. The third-order valence-electron chi connectivity index (χ3n) is 2.31. The summed E-state index contributed by atoms with van der Waals surface area (Å²) in [6, 6.07) is 7.45. The van der Waals surface area contributed by atoms with E-state index in [4.69, 9.17) is 4.52 Å². The molecular formula is C12H12IN3O2. The number of carbonyl (C=O) groups is 1. The van der Waals surface area contributed by atoms with Crippen LogP contribution in [0.5, 0.6) is 0 Å². The summed E-state index contributed by atoms with van der Waals surface area (Å²) in [7, 11) is 0. The van der Waals surface area contributed by atoms with Crippen LogP contribution in [0.25, 0.3) is 0 Å². The van der Waals surface area contributed by atoms with Crippen LogP contribution < -0.4 is 5.32 Å². The molecule has 94 valence electrons. The monoisotopic (exact) mass is 357 g/mol. The van der Waals surface area contributed by atoms with Crippen LogP contribution >= 0.6 is 22.6 Å². The average Bonchev–Trinajstić information content (AvgIpc) is 2.75. The third-order valence-corrected chi connectivity index (χ3v) is 3.25. The van der Waals surface area contributed by atoms with Gasteiger partial charge in [-0.15, -0.1) is 0 Å². The Balaban J connectivity index is 1.87. The molecule has 0 spiro atoms. The Kier molecular flexibility index (Phi) is 4.29. The number of hydrogen-bond acceptors (Lipinski definition) is 4. The summed E-state index contributed by atoms with van der Waals surface area (Å²) in [6.07, 6.45) is 0.538. The van der Waals surface area contributed by atoms with Crippen LogP contribution in [0.2, 0.25) is 0 Å². The number of aromatic nitrogens is 2. The Labute approximate surface area is 118 Å². The highest BCUT2D eigenvalue weighted by atomic mass is 127. The molecule has 1 N–H and O–H groups in total. The number of rotatable bonds is 4. The number of amides is 1. The van der Waals surface area contributed by atoms with Crippen molar-refractivity contribution in [2.75, 3.05) is 6.54 Å². The van der Waals surface area contributed by atoms with Crippen molar-refractivity contribution in [3.05, 3.63) is 45.1 Å². The summed E-state index contributed by atoms with van der Waals surface area (Å²) >= 11 is 2.14. The predicted octanol–water partition coefficient (Wildman–Crippen LogP) is 1.96. The van der Waals surface area contributed by atoms with Crippen LogP contribution in [-0.2, 0) is 6.42 Å². The molecule has 1 aromatic carbocycles. The van der Waals surface area contributed by atoms with Gasteiger partial charge >= 0.3 is 0 Å². The zero-order valence-electron chi connectivity index (χ0n) is 9.81. The molecular weight excluding hydrogens is 345 g/mol. The molecule has 0 fully saturated rings. The minimum atomic E-state index is -0.0868. The molecule has 2 rings (SSSR count). The first kappa shape index (κ1) is 13.0.